The van der Waals surface area contributed by atoms with Crippen LogP contribution >= 0.6 is 0 Å². The molecule has 6 heteroatoms. The van der Waals surface area contributed by atoms with Crippen LogP contribution in [-0.4, -0.2) is 24.1 Å². The van der Waals surface area contributed by atoms with Crippen LogP contribution in [0.1, 0.15) is 19.8 Å². The molecule has 5 nitrogen and oxygen atoms in total. The number of rotatable bonds is 6. The summed E-state index contributed by atoms with van der Waals surface area (Å²) >= 11 is 0. The molecule has 0 unspecified atom stereocenters. The normalized spacial score (nSPS) is 11.7. The largest absolute Gasteiger partial charge is 0.346 e. The predicted octanol–water partition coefficient (Wildman–Crippen LogP) is 3.77. The highest BCUT2D eigenvalue weighted by atomic mass is 32.2. The molecular formula is C17H19N3O2S. The summed E-state index contributed by atoms with van der Waals surface area (Å²) in [6, 6.07) is 11.4. The van der Waals surface area contributed by atoms with Crippen LogP contribution in [0.4, 0.5) is 5.69 Å². The van der Waals surface area contributed by atoms with Gasteiger partial charge in [-0.25, -0.2) is 13.4 Å². The average molecular weight is 329 g/mol. The monoisotopic (exact) mass is 329 g/mol. The van der Waals surface area contributed by atoms with E-state index in [1.54, 1.807) is 18.3 Å². The van der Waals surface area contributed by atoms with Crippen molar-refractivity contribution in [2.75, 3.05) is 10.5 Å². The van der Waals surface area contributed by atoms with Crippen LogP contribution in [0.2, 0.25) is 0 Å². The van der Waals surface area contributed by atoms with E-state index in [0.29, 0.717) is 12.1 Å². The third-order valence-electron chi connectivity index (χ3n) is 3.70. The van der Waals surface area contributed by atoms with Gasteiger partial charge in [-0.05, 0) is 41.8 Å². The molecule has 2 heterocycles. The Balaban J connectivity index is 1.84. The topological polar surface area (TPSA) is 74.8 Å². The Labute approximate surface area is 135 Å². The molecule has 0 aliphatic rings. The van der Waals surface area contributed by atoms with Crippen LogP contribution in [0.3, 0.4) is 0 Å². The minimum atomic E-state index is -3.26. The van der Waals surface area contributed by atoms with Crippen LogP contribution in [0.5, 0.6) is 0 Å². The SMILES string of the molecule is CCCCS(=O)(=O)Nc1ccc(-c2ccnc3[nH]ccc23)cc1. The number of benzene rings is 1. The Hall–Kier alpha value is -2.34. The summed E-state index contributed by atoms with van der Waals surface area (Å²) in [5.74, 6) is 0.152. The number of anilines is 1. The fourth-order valence-electron chi connectivity index (χ4n) is 2.50. The zero-order chi connectivity index (χ0) is 16.3. The third-order valence-corrected chi connectivity index (χ3v) is 5.07. The Morgan fingerprint density at radius 3 is 2.65 bits per heavy atom. The predicted molar refractivity (Wildman–Crippen MR) is 93.8 cm³/mol. The Morgan fingerprint density at radius 2 is 1.91 bits per heavy atom. The summed E-state index contributed by atoms with van der Waals surface area (Å²) in [5.41, 5.74) is 3.52. The number of fused-ring (bicyclic) bond motifs is 1. The number of hydrogen-bond donors (Lipinski definition) is 2. The Morgan fingerprint density at radius 1 is 1.13 bits per heavy atom. The zero-order valence-electron chi connectivity index (χ0n) is 12.9. The summed E-state index contributed by atoms with van der Waals surface area (Å²) in [7, 11) is -3.26. The number of aromatic nitrogens is 2. The van der Waals surface area contributed by atoms with Crippen LogP contribution in [0.15, 0.2) is 48.8 Å². The van der Waals surface area contributed by atoms with Gasteiger partial charge < -0.3 is 4.98 Å². The molecule has 0 atom stereocenters. The summed E-state index contributed by atoms with van der Waals surface area (Å²) < 4.78 is 26.5. The lowest BCUT2D eigenvalue weighted by Gasteiger charge is -2.09. The second-order valence-electron chi connectivity index (χ2n) is 5.45. The van der Waals surface area contributed by atoms with E-state index in [9.17, 15) is 8.42 Å². The van der Waals surface area contributed by atoms with Gasteiger partial charge in [-0.2, -0.15) is 0 Å². The van der Waals surface area contributed by atoms with Crippen molar-refractivity contribution in [1.29, 1.82) is 0 Å². The molecule has 2 N–H and O–H groups in total. The highest BCUT2D eigenvalue weighted by molar-refractivity contribution is 7.92. The van der Waals surface area contributed by atoms with Gasteiger partial charge >= 0.3 is 0 Å². The van der Waals surface area contributed by atoms with Crippen LogP contribution < -0.4 is 4.72 Å². The van der Waals surface area contributed by atoms with Crippen LogP contribution in [0.25, 0.3) is 22.2 Å². The van der Waals surface area contributed by atoms with Gasteiger partial charge in [0.05, 0.1) is 5.75 Å². The molecular weight excluding hydrogens is 310 g/mol. The Bertz CT molecular complexity index is 899. The van der Waals surface area contributed by atoms with E-state index >= 15 is 0 Å². The van der Waals surface area contributed by atoms with Crippen molar-refractivity contribution in [3.63, 3.8) is 0 Å². The van der Waals surface area contributed by atoms with Gasteiger partial charge in [0.1, 0.15) is 5.65 Å². The fraction of sp³-hybridized carbons (Fsp3) is 0.235. The van der Waals surface area contributed by atoms with E-state index in [2.05, 4.69) is 14.7 Å². The number of nitrogens with one attached hydrogen (secondary N) is 2. The number of H-pyrrole nitrogens is 1. The zero-order valence-corrected chi connectivity index (χ0v) is 13.7. The highest BCUT2D eigenvalue weighted by Gasteiger charge is 2.10. The quantitative estimate of drug-likeness (QED) is 0.723. The number of aromatic amines is 1. The van der Waals surface area contributed by atoms with E-state index in [-0.39, 0.29) is 5.75 Å². The van der Waals surface area contributed by atoms with Crippen LogP contribution in [0, 0.1) is 0 Å². The summed E-state index contributed by atoms with van der Waals surface area (Å²) in [4.78, 5) is 7.36. The number of hydrogen-bond acceptors (Lipinski definition) is 3. The fourth-order valence-corrected chi connectivity index (χ4v) is 3.76. The molecule has 0 saturated heterocycles. The first-order valence-corrected chi connectivity index (χ1v) is 9.27. The van der Waals surface area contributed by atoms with E-state index in [1.165, 1.54) is 0 Å². The van der Waals surface area contributed by atoms with E-state index < -0.39 is 10.0 Å². The van der Waals surface area contributed by atoms with Crippen molar-refractivity contribution in [2.24, 2.45) is 0 Å². The van der Waals surface area contributed by atoms with E-state index in [1.807, 2.05) is 37.4 Å². The first kappa shape index (κ1) is 15.6. The average Bonchev–Trinajstić information content (AvgIpc) is 3.02. The van der Waals surface area contributed by atoms with Gasteiger partial charge in [0.15, 0.2) is 0 Å². The first-order chi connectivity index (χ1) is 11.1. The highest BCUT2D eigenvalue weighted by Crippen LogP contribution is 2.28. The number of sulfonamides is 1. The van der Waals surface area contributed by atoms with E-state index in [0.717, 1.165) is 28.6 Å². The second kappa shape index (κ2) is 6.42. The molecule has 23 heavy (non-hydrogen) atoms. The Kier molecular flexibility index (Phi) is 4.34. The van der Waals surface area contributed by atoms with Gasteiger partial charge in [0, 0.05) is 23.5 Å². The molecule has 120 valence electrons. The van der Waals surface area contributed by atoms with E-state index in [4.69, 9.17) is 0 Å². The lowest BCUT2D eigenvalue weighted by molar-refractivity contribution is 0.598. The van der Waals surface area contributed by atoms with Crippen molar-refractivity contribution >= 4 is 26.7 Å². The maximum Gasteiger partial charge on any atom is 0.232 e. The second-order valence-corrected chi connectivity index (χ2v) is 7.29. The smallest absolute Gasteiger partial charge is 0.232 e. The molecule has 0 spiro atoms. The molecule has 1 aromatic carbocycles. The van der Waals surface area contributed by atoms with Gasteiger partial charge in [0.25, 0.3) is 0 Å². The molecule has 0 aliphatic carbocycles. The van der Waals surface area contributed by atoms with Gasteiger partial charge in [0.2, 0.25) is 10.0 Å². The van der Waals surface area contributed by atoms with Crippen molar-refractivity contribution in [3.05, 3.63) is 48.8 Å². The van der Waals surface area contributed by atoms with Crippen molar-refractivity contribution < 1.29 is 8.42 Å². The molecule has 0 bridgehead atoms. The molecule has 3 aromatic rings. The molecule has 0 aliphatic heterocycles. The van der Waals surface area contributed by atoms with Crippen molar-refractivity contribution in [1.82, 2.24) is 9.97 Å². The third kappa shape index (κ3) is 3.53. The van der Waals surface area contributed by atoms with Gasteiger partial charge in [-0.1, -0.05) is 25.5 Å². The maximum atomic E-state index is 11.9. The summed E-state index contributed by atoms with van der Waals surface area (Å²) in [6.45, 7) is 1.97. The number of pyridine rings is 1. The van der Waals surface area contributed by atoms with Crippen molar-refractivity contribution in [3.8, 4) is 11.1 Å². The minimum absolute atomic E-state index is 0.152. The number of unbranched alkanes of at least 4 members (excludes halogenated alkanes) is 1. The summed E-state index contributed by atoms with van der Waals surface area (Å²) in [5, 5.41) is 1.05. The lowest BCUT2D eigenvalue weighted by Crippen LogP contribution is -2.16. The molecule has 2 aromatic heterocycles. The number of nitrogens with zero attached hydrogens (tertiary/aromatic N) is 1. The maximum absolute atomic E-state index is 11.9. The standard InChI is InChI=1S/C17H19N3O2S/c1-2-3-12-23(21,22)20-14-6-4-13(5-7-14)15-8-10-18-17-16(15)9-11-19-17/h4-11,20H,2-3,12H2,1H3,(H,18,19). The van der Waals surface area contributed by atoms with Crippen LogP contribution in [-0.2, 0) is 10.0 Å². The lowest BCUT2D eigenvalue weighted by atomic mass is 10.0. The molecule has 0 amide bonds. The first-order valence-electron chi connectivity index (χ1n) is 7.62. The van der Waals surface area contributed by atoms with Gasteiger partial charge in [-0.15, -0.1) is 0 Å². The molecule has 0 fully saturated rings. The minimum Gasteiger partial charge on any atom is -0.346 e. The molecule has 0 saturated carbocycles. The summed E-state index contributed by atoms with van der Waals surface area (Å²) in [6.07, 6.45) is 5.14. The molecule has 0 radical (unpaired) electrons. The molecule has 3 rings (SSSR count). The van der Waals surface area contributed by atoms with Gasteiger partial charge in [-0.3, -0.25) is 4.72 Å². The van der Waals surface area contributed by atoms with Crippen molar-refractivity contribution in [2.45, 2.75) is 19.8 Å².